The van der Waals surface area contributed by atoms with Crippen molar-refractivity contribution in [3.8, 4) is 0 Å². The molecule has 0 saturated carbocycles. The largest absolute Gasteiger partial charge is 0.370 e. The molecule has 1 aromatic rings. The fourth-order valence-corrected chi connectivity index (χ4v) is 5.64. The summed E-state index contributed by atoms with van der Waals surface area (Å²) in [6.07, 6.45) is 1.99. The van der Waals surface area contributed by atoms with Gasteiger partial charge in [0.25, 0.3) is 0 Å². The van der Waals surface area contributed by atoms with Crippen molar-refractivity contribution in [1.82, 2.24) is 0 Å². The van der Waals surface area contributed by atoms with Crippen molar-refractivity contribution in [2.45, 2.75) is 62.4 Å². The molecule has 0 N–H and O–H groups in total. The number of ether oxygens (including phenoxy) is 2. The number of hydrogen-bond donors (Lipinski definition) is 0. The van der Waals surface area contributed by atoms with Crippen LogP contribution in [0.5, 0.6) is 0 Å². The van der Waals surface area contributed by atoms with Crippen molar-refractivity contribution in [2.75, 3.05) is 0 Å². The van der Waals surface area contributed by atoms with Gasteiger partial charge in [0, 0.05) is 21.3 Å². The summed E-state index contributed by atoms with van der Waals surface area (Å²) in [5, 5.41) is 1.29. The molecule has 2 saturated heterocycles. The standard InChI is InChI=1S/C17H21BrCl2O2/c1-10(2)17-8-15(16(3,22-17)7-14(17)18)21-9-11-4-5-12(19)6-13(11)20/h4-6,10,14-15H,7-9H2,1-3H3. The van der Waals surface area contributed by atoms with Crippen molar-refractivity contribution in [3.05, 3.63) is 33.8 Å². The third kappa shape index (κ3) is 2.73. The van der Waals surface area contributed by atoms with Crippen LogP contribution in [0.4, 0.5) is 0 Å². The van der Waals surface area contributed by atoms with E-state index < -0.39 is 0 Å². The fraction of sp³-hybridized carbons (Fsp3) is 0.647. The van der Waals surface area contributed by atoms with Gasteiger partial charge in [-0.05, 0) is 37.0 Å². The summed E-state index contributed by atoms with van der Waals surface area (Å²) >= 11 is 16.0. The first kappa shape index (κ1) is 17.0. The zero-order valence-corrected chi connectivity index (χ0v) is 16.1. The van der Waals surface area contributed by atoms with Gasteiger partial charge in [0.2, 0.25) is 0 Å². The van der Waals surface area contributed by atoms with Crippen LogP contribution in [0.1, 0.15) is 39.2 Å². The molecular weight excluding hydrogens is 387 g/mol. The lowest BCUT2D eigenvalue weighted by Crippen LogP contribution is -2.44. The molecule has 2 aliphatic heterocycles. The number of hydrogen-bond acceptors (Lipinski definition) is 2. The Morgan fingerprint density at radius 3 is 2.68 bits per heavy atom. The topological polar surface area (TPSA) is 18.5 Å². The van der Waals surface area contributed by atoms with E-state index in [-0.39, 0.29) is 17.3 Å². The Bertz CT molecular complexity index is 580. The first-order chi connectivity index (χ1) is 10.3. The van der Waals surface area contributed by atoms with Crippen molar-refractivity contribution >= 4 is 39.1 Å². The molecule has 2 nitrogen and oxygen atoms in total. The zero-order chi connectivity index (χ0) is 16.1. The van der Waals surface area contributed by atoms with Gasteiger partial charge in [-0.1, -0.05) is 59.0 Å². The van der Waals surface area contributed by atoms with Gasteiger partial charge in [-0.2, -0.15) is 0 Å². The third-order valence-electron chi connectivity index (χ3n) is 5.16. The quantitative estimate of drug-likeness (QED) is 0.603. The Balaban J connectivity index is 1.72. The summed E-state index contributed by atoms with van der Waals surface area (Å²) in [6, 6.07) is 5.52. The molecule has 0 spiro atoms. The SMILES string of the molecule is CC(C)C12CC(OCc3ccc(Cl)cc3Cl)C(C)(CC1Br)O2. The van der Waals surface area contributed by atoms with Gasteiger partial charge < -0.3 is 9.47 Å². The van der Waals surface area contributed by atoms with E-state index in [0.717, 1.165) is 18.4 Å². The Morgan fingerprint density at radius 1 is 1.36 bits per heavy atom. The second-order valence-electron chi connectivity index (χ2n) is 6.94. The monoisotopic (exact) mass is 406 g/mol. The molecule has 0 radical (unpaired) electrons. The van der Waals surface area contributed by atoms with Crippen molar-refractivity contribution < 1.29 is 9.47 Å². The highest BCUT2D eigenvalue weighted by molar-refractivity contribution is 9.09. The van der Waals surface area contributed by atoms with E-state index in [2.05, 4.69) is 36.7 Å². The van der Waals surface area contributed by atoms with E-state index in [9.17, 15) is 0 Å². The van der Waals surface area contributed by atoms with E-state index in [0.29, 0.717) is 27.4 Å². The van der Waals surface area contributed by atoms with Crippen LogP contribution in [0.25, 0.3) is 0 Å². The lowest BCUT2D eigenvalue weighted by Gasteiger charge is -2.35. The third-order valence-corrected chi connectivity index (χ3v) is 6.84. The van der Waals surface area contributed by atoms with E-state index in [1.165, 1.54) is 0 Å². The van der Waals surface area contributed by atoms with Crippen molar-refractivity contribution in [2.24, 2.45) is 5.92 Å². The van der Waals surface area contributed by atoms with E-state index >= 15 is 0 Å². The van der Waals surface area contributed by atoms with Crippen molar-refractivity contribution in [3.63, 3.8) is 0 Å². The summed E-state index contributed by atoms with van der Waals surface area (Å²) in [5.74, 6) is 0.450. The van der Waals surface area contributed by atoms with Crippen LogP contribution in [0.3, 0.4) is 0 Å². The molecule has 2 heterocycles. The predicted molar refractivity (Wildman–Crippen MR) is 94.0 cm³/mol. The van der Waals surface area contributed by atoms with Crippen LogP contribution < -0.4 is 0 Å². The lowest BCUT2D eigenvalue weighted by molar-refractivity contribution is -0.0955. The first-order valence-corrected chi connectivity index (χ1v) is 9.34. The maximum absolute atomic E-state index is 6.45. The van der Waals surface area contributed by atoms with Gasteiger partial charge in [0.1, 0.15) is 0 Å². The number of alkyl halides is 1. The molecule has 4 unspecified atom stereocenters. The van der Waals surface area contributed by atoms with E-state index in [4.69, 9.17) is 32.7 Å². The molecule has 3 rings (SSSR count). The number of benzene rings is 1. The zero-order valence-electron chi connectivity index (χ0n) is 13.0. The normalized spacial score (nSPS) is 37.2. The second-order valence-corrected chi connectivity index (χ2v) is 8.88. The molecular formula is C17H21BrCl2O2. The summed E-state index contributed by atoms with van der Waals surface area (Å²) in [5.41, 5.74) is 0.618. The smallest absolute Gasteiger partial charge is 0.0936 e. The van der Waals surface area contributed by atoms with Crippen LogP contribution >= 0.6 is 39.1 Å². The summed E-state index contributed by atoms with van der Waals surface area (Å²) < 4.78 is 12.6. The Morgan fingerprint density at radius 2 is 2.09 bits per heavy atom. The minimum absolute atomic E-state index is 0.0930. The molecule has 22 heavy (non-hydrogen) atoms. The molecule has 0 aliphatic carbocycles. The van der Waals surface area contributed by atoms with Gasteiger partial charge in [0.15, 0.2) is 0 Å². The predicted octanol–water partition coefficient (Wildman–Crippen LogP) is 5.62. The molecule has 0 amide bonds. The minimum Gasteiger partial charge on any atom is -0.370 e. The maximum Gasteiger partial charge on any atom is 0.0936 e. The minimum atomic E-state index is -0.225. The molecule has 2 aliphatic rings. The lowest BCUT2D eigenvalue weighted by atomic mass is 9.75. The average Bonchev–Trinajstić information content (AvgIpc) is 2.86. The van der Waals surface area contributed by atoms with E-state index in [1.807, 2.05) is 12.1 Å². The molecule has 2 bridgehead atoms. The van der Waals surface area contributed by atoms with Gasteiger partial charge >= 0.3 is 0 Å². The van der Waals surface area contributed by atoms with Gasteiger partial charge in [-0.3, -0.25) is 0 Å². The Labute approximate surface area is 150 Å². The molecule has 4 atom stereocenters. The fourth-order valence-electron chi connectivity index (χ4n) is 3.72. The average molecular weight is 408 g/mol. The maximum atomic E-state index is 6.45. The van der Waals surface area contributed by atoms with Crippen LogP contribution in [-0.2, 0) is 16.1 Å². The van der Waals surface area contributed by atoms with Gasteiger partial charge in [-0.15, -0.1) is 0 Å². The molecule has 0 aromatic heterocycles. The Kier molecular flexibility index (Phi) is 4.59. The summed E-state index contributed by atoms with van der Waals surface area (Å²) in [4.78, 5) is 0.393. The van der Waals surface area contributed by atoms with Gasteiger partial charge in [0.05, 0.1) is 23.9 Å². The van der Waals surface area contributed by atoms with Crippen LogP contribution in [0, 0.1) is 5.92 Å². The summed E-state index contributed by atoms with van der Waals surface area (Å²) in [7, 11) is 0. The second kappa shape index (κ2) is 5.93. The van der Waals surface area contributed by atoms with Crippen LogP contribution in [-0.4, -0.2) is 22.1 Å². The molecule has 122 valence electrons. The molecule has 1 aromatic carbocycles. The van der Waals surface area contributed by atoms with E-state index in [1.54, 1.807) is 6.07 Å². The highest BCUT2D eigenvalue weighted by Gasteiger charge is 2.65. The number of rotatable bonds is 4. The van der Waals surface area contributed by atoms with Crippen molar-refractivity contribution in [1.29, 1.82) is 0 Å². The highest BCUT2D eigenvalue weighted by Crippen LogP contribution is 2.57. The van der Waals surface area contributed by atoms with Crippen LogP contribution in [0.2, 0.25) is 10.0 Å². The van der Waals surface area contributed by atoms with Crippen LogP contribution in [0.15, 0.2) is 18.2 Å². The summed E-state index contributed by atoms with van der Waals surface area (Å²) in [6.45, 7) is 7.09. The highest BCUT2D eigenvalue weighted by atomic mass is 79.9. The van der Waals surface area contributed by atoms with Gasteiger partial charge in [-0.25, -0.2) is 0 Å². The number of fused-ring (bicyclic) bond motifs is 2. The molecule has 5 heteroatoms. The first-order valence-electron chi connectivity index (χ1n) is 7.66. The molecule has 2 fully saturated rings. The number of halogens is 3. The Hall–Kier alpha value is 0.200.